The summed E-state index contributed by atoms with van der Waals surface area (Å²) in [5.74, 6) is 0. The van der Waals surface area contributed by atoms with Crippen LogP contribution in [-0.2, 0) is 0 Å². The van der Waals surface area contributed by atoms with E-state index < -0.39 is 0 Å². The average molecular weight is 249 g/mol. The summed E-state index contributed by atoms with van der Waals surface area (Å²) in [4.78, 5) is 2.42. The summed E-state index contributed by atoms with van der Waals surface area (Å²) in [6, 6.07) is 2.24. The van der Waals surface area contributed by atoms with Crippen LogP contribution in [0.25, 0.3) is 0 Å². The number of rotatable bonds is 5. The van der Waals surface area contributed by atoms with Gasteiger partial charge in [0.2, 0.25) is 6.34 Å². The van der Waals surface area contributed by atoms with Gasteiger partial charge in [-0.2, -0.15) is 0 Å². The van der Waals surface area contributed by atoms with Crippen molar-refractivity contribution < 1.29 is 17.0 Å². The molecule has 0 unspecified atom stereocenters. The lowest BCUT2D eigenvalue weighted by Gasteiger charge is -2.25. The SMILES string of the molecule is CC(C)N(C=[N+](C(C)C)C(C)C)C(C)C.[Cl-]. The fraction of sp³-hybridized carbons (Fsp3) is 0.923. The Morgan fingerprint density at radius 3 is 1.25 bits per heavy atom. The van der Waals surface area contributed by atoms with Crippen molar-refractivity contribution in [1.82, 2.24) is 4.90 Å². The zero-order valence-electron chi connectivity index (χ0n) is 12.2. The van der Waals surface area contributed by atoms with Gasteiger partial charge in [-0.3, -0.25) is 9.48 Å². The third kappa shape index (κ3) is 5.74. The maximum atomic E-state index is 2.42. The minimum absolute atomic E-state index is 0. The Morgan fingerprint density at radius 2 is 1.06 bits per heavy atom. The third-order valence-electron chi connectivity index (χ3n) is 2.65. The van der Waals surface area contributed by atoms with E-state index in [9.17, 15) is 0 Å². The van der Waals surface area contributed by atoms with Gasteiger partial charge >= 0.3 is 0 Å². The highest BCUT2D eigenvalue weighted by molar-refractivity contribution is 5.50. The lowest BCUT2D eigenvalue weighted by atomic mass is 10.2. The molecule has 98 valence electrons. The Morgan fingerprint density at radius 1 is 0.750 bits per heavy atom. The van der Waals surface area contributed by atoms with E-state index >= 15 is 0 Å². The predicted molar refractivity (Wildman–Crippen MR) is 68.7 cm³/mol. The normalized spacial score (nSPS) is 11.0. The topological polar surface area (TPSA) is 6.25 Å². The molecule has 16 heavy (non-hydrogen) atoms. The largest absolute Gasteiger partial charge is 1.00 e. The van der Waals surface area contributed by atoms with Crippen molar-refractivity contribution in [1.29, 1.82) is 0 Å². The molecule has 0 spiro atoms. The number of hydrogen-bond acceptors (Lipinski definition) is 0. The van der Waals surface area contributed by atoms with Gasteiger partial charge in [0.05, 0.1) is 24.2 Å². The molecule has 0 aromatic rings. The summed E-state index contributed by atoms with van der Waals surface area (Å²) < 4.78 is 2.42. The minimum atomic E-state index is 0. The molecule has 0 N–H and O–H groups in total. The fourth-order valence-electron chi connectivity index (χ4n) is 1.88. The Kier molecular flexibility index (Phi) is 9.00. The highest BCUT2D eigenvalue weighted by atomic mass is 35.5. The molecule has 0 aromatic heterocycles. The molecule has 0 heterocycles. The van der Waals surface area contributed by atoms with Crippen molar-refractivity contribution in [3.63, 3.8) is 0 Å². The Hall–Kier alpha value is -0.240. The zero-order chi connectivity index (χ0) is 12.2. The van der Waals surface area contributed by atoms with E-state index in [0.29, 0.717) is 24.2 Å². The maximum absolute atomic E-state index is 2.42. The lowest BCUT2D eigenvalue weighted by molar-refractivity contribution is -0.587. The molecule has 0 rings (SSSR count). The second-order valence-electron chi connectivity index (χ2n) is 5.38. The van der Waals surface area contributed by atoms with Crippen molar-refractivity contribution in [2.45, 2.75) is 79.6 Å². The summed E-state index contributed by atoms with van der Waals surface area (Å²) in [7, 11) is 0. The first-order valence-corrected chi connectivity index (χ1v) is 6.17. The van der Waals surface area contributed by atoms with Gasteiger partial charge in [0, 0.05) is 0 Å². The van der Waals surface area contributed by atoms with Crippen molar-refractivity contribution in [2.24, 2.45) is 0 Å². The van der Waals surface area contributed by atoms with Gasteiger partial charge in [0.15, 0.2) is 0 Å². The molecule has 0 radical (unpaired) electrons. The number of halogens is 1. The Labute approximate surface area is 108 Å². The average Bonchev–Trinajstić information content (AvgIpc) is 2.01. The smallest absolute Gasteiger partial charge is 0.234 e. The van der Waals surface area contributed by atoms with E-state index in [2.05, 4.69) is 71.2 Å². The molecule has 0 aliphatic carbocycles. The van der Waals surface area contributed by atoms with Gasteiger partial charge in [0.1, 0.15) is 0 Å². The van der Waals surface area contributed by atoms with E-state index in [0.717, 1.165) is 0 Å². The van der Waals surface area contributed by atoms with Gasteiger partial charge in [0.25, 0.3) is 0 Å². The summed E-state index contributed by atoms with van der Waals surface area (Å²) in [5.41, 5.74) is 0. The monoisotopic (exact) mass is 248 g/mol. The molecule has 0 fully saturated rings. The quantitative estimate of drug-likeness (QED) is 0.376. The standard InChI is InChI=1S/C13H29N2.ClH/c1-10(2)14(11(3)4)9-15(12(5)6)13(7)8;/h9-13H,1-8H3;1H/q+1;/p-1. The second kappa shape index (κ2) is 7.94. The summed E-state index contributed by atoms with van der Waals surface area (Å²) >= 11 is 0. The minimum Gasteiger partial charge on any atom is -1.00 e. The molecular weight excluding hydrogens is 220 g/mol. The van der Waals surface area contributed by atoms with E-state index in [1.165, 1.54) is 0 Å². The van der Waals surface area contributed by atoms with Crippen LogP contribution in [0, 0.1) is 0 Å². The van der Waals surface area contributed by atoms with Crippen molar-refractivity contribution in [2.75, 3.05) is 0 Å². The molecule has 0 saturated carbocycles. The van der Waals surface area contributed by atoms with Gasteiger partial charge in [-0.25, -0.2) is 0 Å². The van der Waals surface area contributed by atoms with Gasteiger partial charge < -0.3 is 12.4 Å². The van der Waals surface area contributed by atoms with Crippen LogP contribution in [0.15, 0.2) is 0 Å². The molecule has 0 amide bonds. The highest BCUT2D eigenvalue weighted by Crippen LogP contribution is 2.04. The summed E-state index contributed by atoms with van der Waals surface area (Å²) in [6.07, 6.45) is 2.30. The van der Waals surface area contributed by atoms with Crippen molar-refractivity contribution >= 4 is 6.34 Å². The van der Waals surface area contributed by atoms with Crippen LogP contribution in [0.4, 0.5) is 0 Å². The maximum Gasteiger partial charge on any atom is 0.234 e. The number of hydrogen-bond donors (Lipinski definition) is 0. The van der Waals surface area contributed by atoms with E-state index in [1.54, 1.807) is 0 Å². The predicted octanol–water partition coefficient (Wildman–Crippen LogP) is -0.0332. The van der Waals surface area contributed by atoms with Crippen LogP contribution in [0.5, 0.6) is 0 Å². The zero-order valence-corrected chi connectivity index (χ0v) is 12.9. The third-order valence-corrected chi connectivity index (χ3v) is 2.65. The van der Waals surface area contributed by atoms with Crippen LogP contribution >= 0.6 is 0 Å². The van der Waals surface area contributed by atoms with Crippen molar-refractivity contribution in [3.8, 4) is 0 Å². The summed E-state index contributed by atoms with van der Waals surface area (Å²) in [5, 5.41) is 0. The fourth-order valence-corrected chi connectivity index (χ4v) is 1.88. The Bertz CT molecular complexity index is 190. The molecule has 0 aromatic carbocycles. The Balaban J connectivity index is 0. The lowest BCUT2D eigenvalue weighted by Crippen LogP contribution is -3.00. The van der Waals surface area contributed by atoms with Crippen LogP contribution in [-0.4, -0.2) is 40.0 Å². The molecule has 3 heteroatoms. The molecule has 2 nitrogen and oxygen atoms in total. The molecular formula is C13H29ClN2. The van der Waals surface area contributed by atoms with Crippen LogP contribution < -0.4 is 12.4 Å². The first-order chi connectivity index (χ1) is 6.77. The molecule has 0 aliphatic heterocycles. The van der Waals surface area contributed by atoms with Gasteiger partial charge in [-0.15, -0.1) is 0 Å². The first-order valence-electron chi connectivity index (χ1n) is 6.17. The molecule has 0 saturated heterocycles. The molecule has 0 atom stereocenters. The summed E-state index contributed by atoms with van der Waals surface area (Å²) in [6.45, 7) is 18.0. The van der Waals surface area contributed by atoms with Crippen molar-refractivity contribution in [3.05, 3.63) is 0 Å². The van der Waals surface area contributed by atoms with Gasteiger partial charge in [-0.1, -0.05) is 0 Å². The molecule has 0 aliphatic rings. The van der Waals surface area contributed by atoms with E-state index in [-0.39, 0.29) is 12.4 Å². The highest BCUT2D eigenvalue weighted by Gasteiger charge is 2.19. The first kappa shape index (κ1) is 18.1. The number of nitrogens with zero attached hydrogens (tertiary/aromatic N) is 2. The van der Waals surface area contributed by atoms with Crippen LogP contribution in [0.2, 0.25) is 0 Å². The van der Waals surface area contributed by atoms with Crippen LogP contribution in [0.3, 0.4) is 0 Å². The van der Waals surface area contributed by atoms with E-state index in [1.807, 2.05) is 0 Å². The molecule has 0 bridgehead atoms. The second-order valence-corrected chi connectivity index (χ2v) is 5.38. The van der Waals surface area contributed by atoms with E-state index in [4.69, 9.17) is 0 Å². The van der Waals surface area contributed by atoms with Gasteiger partial charge in [-0.05, 0) is 55.4 Å². The van der Waals surface area contributed by atoms with Crippen LogP contribution in [0.1, 0.15) is 55.4 Å².